The summed E-state index contributed by atoms with van der Waals surface area (Å²) < 4.78 is 30.5. The Balaban J connectivity index is 1.19. The van der Waals surface area contributed by atoms with E-state index in [1.807, 2.05) is 6.07 Å². The predicted octanol–water partition coefficient (Wildman–Crippen LogP) is 3.63. The van der Waals surface area contributed by atoms with Gasteiger partial charge in [0.2, 0.25) is 0 Å². The summed E-state index contributed by atoms with van der Waals surface area (Å²) in [5, 5.41) is 3.84. The van der Waals surface area contributed by atoms with Gasteiger partial charge in [-0.25, -0.2) is 13.4 Å². The highest BCUT2D eigenvalue weighted by atomic mass is 32.2. The normalized spacial score (nSPS) is 23.1. The number of carbonyl (C=O) groups excluding carboxylic acids is 1. The molecule has 2 aliphatic heterocycles. The molecular weight excluding hydrogens is 476 g/mol. The maximum absolute atomic E-state index is 12.8. The van der Waals surface area contributed by atoms with E-state index in [-0.39, 0.29) is 36.3 Å². The van der Waals surface area contributed by atoms with E-state index in [9.17, 15) is 13.2 Å². The molecule has 1 saturated carbocycles. The lowest BCUT2D eigenvalue weighted by Crippen LogP contribution is -2.43. The molecule has 9 heteroatoms. The molecule has 0 spiro atoms. The summed E-state index contributed by atoms with van der Waals surface area (Å²) >= 11 is 0. The SMILES string of the molecule is O=C(NCc1cc2nc(N3CCCC4CCCC43)ccc2cn1)c1ccc2c(c1)S(=O)(=O)CCOC2. The Labute approximate surface area is 211 Å². The summed E-state index contributed by atoms with van der Waals surface area (Å²) in [6.07, 6.45) is 8.20. The molecule has 1 saturated heterocycles. The minimum atomic E-state index is -3.47. The van der Waals surface area contributed by atoms with Crippen LogP contribution in [0, 0.1) is 5.92 Å². The number of benzene rings is 1. The second-order valence-electron chi connectivity index (χ2n) is 10.0. The van der Waals surface area contributed by atoms with Crippen molar-refractivity contribution in [2.45, 2.75) is 56.2 Å². The summed E-state index contributed by atoms with van der Waals surface area (Å²) in [5.41, 5.74) is 2.45. The van der Waals surface area contributed by atoms with Gasteiger partial charge in [-0.2, -0.15) is 0 Å². The Kier molecular flexibility index (Phi) is 6.13. The summed E-state index contributed by atoms with van der Waals surface area (Å²) in [5.74, 6) is 1.38. The van der Waals surface area contributed by atoms with Crippen LogP contribution in [0.25, 0.3) is 10.9 Å². The first-order valence-corrected chi connectivity index (χ1v) is 14.4. The van der Waals surface area contributed by atoms with Crippen molar-refractivity contribution in [3.8, 4) is 0 Å². The molecule has 2 atom stereocenters. The molecular formula is C27H30N4O4S. The zero-order valence-electron chi connectivity index (χ0n) is 20.2. The molecule has 0 radical (unpaired) electrons. The Bertz CT molecular complexity index is 1420. The number of anilines is 1. The number of sulfone groups is 1. The third kappa shape index (κ3) is 4.46. The van der Waals surface area contributed by atoms with Crippen LogP contribution < -0.4 is 10.2 Å². The molecule has 2 unspecified atom stereocenters. The molecule has 8 nitrogen and oxygen atoms in total. The van der Waals surface area contributed by atoms with Gasteiger partial charge in [-0.15, -0.1) is 0 Å². The first-order chi connectivity index (χ1) is 17.5. The van der Waals surface area contributed by atoms with Crippen LogP contribution in [0.4, 0.5) is 5.82 Å². The van der Waals surface area contributed by atoms with Crippen LogP contribution in [0.3, 0.4) is 0 Å². The fourth-order valence-electron chi connectivity index (χ4n) is 5.88. The van der Waals surface area contributed by atoms with E-state index < -0.39 is 9.84 Å². The van der Waals surface area contributed by atoms with Gasteiger partial charge in [0, 0.05) is 29.7 Å². The number of carbonyl (C=O) groups is 1. The van der Waals surface area contributed by atoms with Crippen LogP contribution in [-0.4, -0.2) is 49.2 Å². The highest BCUT2D eigenvalue weighted by Crippen LogP contribution is 2.38. The molecule has 2 aromatic heterocycles. The smallest absolute Gasteiger partial charge is 0.251 e. The lowest BCUT2D eigenvalue weighted by atomic mass is 9.92. The monoisotopic (exact) mass is 506 g/mol. The van der Waals surface area contributed by atoms with E-state index in [0.717, 1.165) is 29.2 Å². The molecule has 188 valence electrons. The molecule has 1 N–H and O–H groups in total. The summed E-state index contributed by atoms with van der Waals surface area (Å²) in [6.45, 7) is 1.66. The van der Waals surface area contributed by atoms with Gasteiger partial charge in [0.1, 0.15) is 5.82 Å². The number of hydrogen-bond donors (Lipinski definition) is 1. The molecule has 0 bridgehead atoms. The van der Waals surface area contributed by atoms with E-state index in [4.69, 9.17) is 9.72 Å². The van der Waals surface area contributed by atoms with Crippen LogP contribution in [0.15, 0.2) is 47.5 Å². The Morgan fingerprint density at radius 1 is 1.11 bits per heavy atom. The second kappa shape index (κ2) is 9.44. The van der Waals surface area contributed by atoms with Crippen molar-refractivity contribution in [3.05, 3.63) is 59.4 Å². The molecule has 1 aliphatic carbocycles. The highest BCUT2D eigenvalue weighted by Gasteiger charge is 2.35. The molecule has 1 amide bonds. The number of nitrogens with one attached hydrogen (secondary N) is 1. The van der Waals surface area contributed by atoms with E-state index in [1.54, 1.807) is 18.3 Å². The number of ether oxygens (including phenoxy) is 1. The number of piperidine rings is 1. The van der Waals surface area contributed by atoms with Gasteiger partial charge in [-0.3, -0.25) is 9.78 Å². The van der Waals surface area contributed by atoms with Gasteiger partial charge in [-0.05, 0) is 67.5 Å². The molecule has 4 heterocycles. The van der Waals surface area contributed by atoms with Gasteiger partial charge < -0.3 is 15.0 Å². The van der Waals surface area contributed by atoms with Crippen molar-refractivity contribution in [1.29, 1.82) is 0 Å². The molecule has 1 aromatic carbocycles. The minimum Gasteiger partial charge on any atom is -0.376 e. The van der Waals surface area contributed by atoms with Gasteiger partial charge in [0.25, 0.3) is 5.91 Å². The molecule has 3 aliphatic rings. The van der Waals surface area contributed by atoms with E-state index in [0.29, 0.717) is 22.9 Å². The number of aromatic nitrogens is 2. The van der Waals surface area contributed by atoms with E-state index >= 15 is 0 Å². The van der Waals surface area contributed by atoms with Crippen LogP contribution in [0.2, 0.25) is 0 Å². The Hall–Kier alpha value is -3.04. The number of amides is 1. The van der Waals surface area contributed by atoms with Crippen molar-refractivity contribution in [2.24, 2.45) is 5.92 Å². The number of rotatable bonds is 4. The summed E-state index contributed by atoms with van der Waals surface area (Å²) in [7, 11) is -3.47. The maximum Gasteiger partial charge on any atom is 0.251 e. The summed E-state index contributed by atoms with van der Waals surface area (Å²) in [6, 6.07) is 11.4. The molecule has 36 heavy (non-hydrogen) atoms. The van der Waals surface area contributed by atoms with Gasteiger partial charge in [0.05, 0.1) is 41.6 Å². The minimum absolute atomic E-state index is 0.0834. The molecule has 3 aromatic rings. The van der Waals surface area contributed by atoms with Gasteiger partial charge in [-0.1, -0.05) is 12.5 Å². The van der Waals surface area contributed by atoms with Crippen molar-refractivity contribution in [2.75, 3.05) is 23.8 Å². The van der Waals surface area contributed by atoms with E-state index in [1.165, 1.54) is 38.2 Å². The topological polar surface area (TPSA) is 101 Å². The third-order valence-corrected chi connectivity index (χ3v) is 9.51. The van der Waals surface area contributed by atoms with Crippen LogP contribution in [-0.2, 0) is 27.7 Å². The maximum atomic E-state index is 12.8. The first-order valence-electron chi connectivity index (χ1n) is 12.7. The number of pyridine rings is 2. The van der Waals surface area contributed by atoms with Crippen molar-refractivity contribution < 1.29 is 17.9 Å². The van der Waals surface area contributed by atoms with Gasteiger partial charge in [0.15, 0.2) is 9.84 Å². The highest BCUT2D eigenvalue weighted by molar-refractivity contribution is 7.91. The largest absolute Gasteiger partial charge is 0.376 e. The summed E-state index contributed by atoms with van der Waals surface area (Å²) in [4.78, 5) is 25.0. The number of hydrogen-bond acceptors (Lipinski definition) is 7. The number of nitrogens with zero attached hydrogens (tertiary/aromatic N) is 3. The third-order valence-electron chi connectivity index (χ3n) is 7.75. The molecule has 6 rings (SSSR count). The fraction of sp³-hybridized carbons (Fsp3) is 0.444. The zero-order valence-corrected chi connectivity index (χ0v) is 21.0. The van der Waals surface area contributed by atoms with Crippen molar-refractivity contribution >= 4 is 32.5 Å². The Morgan fingerprint density at radius 2 is 2.00 bits per heavy atom. The first kappa shape index (κ1) is 23.4. The van der Waals surface area contributed by atoms with Crippen molar-refractivity contribution in [1.82, 2.24) is 15.3 Å². The van der Waals surface area contributed by atoms with E-state index in [2.05, 4.69) is 27.3 Å². The lowest BCUT2D eigenvalue weighted by Gasteiger charge is -2.38. The zero-order chi connectivity index (χ0) is 24.7. The van der Waals surface area contributed by atoms with Crippen LogP contribution in [0.5, 0.6) is 0 Å². The lowest BCUT2D eigenvalue weighted by molar-refractivity contribution is 0.0950. The fourth-order valence-corrected chi connectivity index (χ4v) is 7.27. The standard InChI is InChI=1S/C27H30N4O4S/c32-27(19-6-7-21-17-35-11-12-36(33,34)25(21)13-19)29-16-22-14-23-20(15-28-22)8-9-26(30-23)31-10-2-4-18-3-1-5-24(18)31/h6-9,13-15,18,24H,1-5,10-12,16-17H2,(H,29,32). The number of fused-ring (bicyclic) bond motifs is 3. The Morgan fingerprint density at radius 3 is 2.92 bits per heavy atom. The molecule has 2 fully saturated rings. The average Bonchev–Trinajstić information content (AvgIpc) is 3.32. The van der Waals surface area contributed by atoms with Crippen molar-refractivity contribution in [3.63, 3.8) is 0 Å². The second-order valence-corrected chi connectivity index (χ2v) is 12.1. The predicted molar refractivity (Wildman–Crippen MR) is 137 cm³/mol. The average molecular weight is 507 g/mol. The quantitative estimate of drug-likeness (QED) is 0.577. The van der Waals surface area contributed by atoms with Crippen LogP contribution >= 0.6 is 0 Å². The van der Waals surface area contributed by atoms with Gasteiger partial charge >= 0.3 is 0 Å². The van der Waals surface area contributed by atoms with Crippen LogP contribution in [0.1, 0.15) is 53.7 Å².